The quantitative estimate of drug-likeness (QED) is 0.177. The maximum absolute atomic E-state index is 10.5. The van der Waals surface area contributed by atoms with Gasteiger partial charge < -0.3 is 10.4 Å². The van der Waals surface area contributed by atoms with Crippen LogP contribution in [0.25, 0.3) is 0 Å². The summed E-state index contributed by atoms with van der Waals surface area (Å²) in [6.07, 6.45) is 0. The summed E-state index contributed by atoms with van der Waals surface area (Å²) in [4.78, 5) is 30.6. The topological polar surface area (TPSA) is 169 Å². The fourth-order valence-electron chi connectivity index (χ4n) is 0.792. The van der Waals surface area contributed by atoms with Gasteiger partial charge in [0.25, 0.3) is 0 Å². The first-order valence-electron chi connectivity index (χ1n) is 4.15. The van der Waals surface area contributed by atoms with Crippen molar-refractivity contribution in [2.75, 3.05) is 26.7 Å². The van der Waals surface area contributed by atoms with E-state index in [1.54, 1.807) is 5.43 Å². The van der Waals surface area contributed by atoms with Crippen molar-refractivity contribution in [2.45, 2.75) is 0 Å². The van der Waals surface area contributed by atoms with E-state index < -0.39 is 36.8 Å². The van der Waals surface area contributed by atoms with Crippen LogP contribution in [0.1, 0.15) is 0 Å². The Kier molecular flexibility index (Phi) is 6.88. The van der Waals surface area contributed by atoms with Gasteiger partial charge in [-0.25, -0.2) is 25.7 Å². The monoisotopic (exact) mass is 252 g/mol. The Morgan fingerprint density at radius 2 is 1.65 bits per heavy atom. The highest BCUT2D eigenvalue weighted by Gasteiger charge is 2.24. The van der Waals surface area contributed by atoms with E-state index >= 15 is 0 Å². The highest BCUT2D eigenvalue weighted by molar-refractivity contribution is 4.42. The minimum Gasteiger partial charge on any atom is -0.843 e. The second-order valence-corrected chi connectivity index (χ2v) is 2.59. The van der Waals surface area contributed by atoms with E-state index in [2.05, 4.69) is 10.6 Å². The average Bonchev–Trinajstić information content (AvgIpc) is 2.27. The highest BCUT2D eigenvalue weighted by Crippen LogP contribution is 1.93. The Bertz CT molecular complexity index is 273. The molecule has 0 bridgehead atoms. The van der Waals surface area contributed by atoms with Crippen LogP contribution < -0.4 is 15.8 Å². The van der Waals surface area contributed by atoms with Crippen molar-refractivity contribution >= 4 is 0 Å². The summed E-state index contributed by atoms with van der Waals surface area (Å²) in [5, 5.41) is 34.2. The molecular weight excluding hydrogens is 242 g/mol. The summed E-state index contributed by atoms with van der Waals surface area (Å²) >= 11 is 0. The summed E-state index contributed by atoms with van der Waals surface area (Å²) < 4.78 is 0. The molecule has 0 aliphatic carbocycles. The van der Waals surface area contributed by atoms with Crippen LogP contribution >= 0.6 is 0 Å². The Morgan fingerprint density at radius 3 is 2.06 bits per heavy atom. The van der Waals surface area contributed by atoms with E-state index in [1.165, 1.54) is 0 Å². The molecule has 0 aromatic carbocycles. The number of nitro groups is 2. The predicted molar refractivity (Wildman–Crippen MR) is 49.2 cm³/mol. The van der Waals surface area contributed by atoms with Crippen molar-refractivity contribution < 1.29 is 15.2 Å². The molecule has 0 radical (unpaired) electrons. The lowest BCUT2D eigenvalue weighted by atomic mass is 10.8. The second-order valence-electron chi connectivity index (χ2n) is 2.59. The van der Waals surface area contributed by atoms with Crippen molar-refractivity contribution in [1.29, 1.82) is 0 Å². The van der Waals surface area contributed by atoms with Crippen molar-refractivity contribution in [2.24, 2.45) is 5.29 Å². The molecule has 0 rings (SSSR count). The van der Waals surface area contributed by atoms with E-state index in [1.807, 2.05) is 0 Å². The van der Waals surface area contributed by atoms with Gasteiger partial charge in [0.05, 0.1) is 5.29 Å². The molecule has 0 aliphatic rings. The molecule has 0 aromatic rings. The fourth-order valence-corrected chi connectivity index (χ4v) is 0.792. The maximum atomic E-state index is 10.5. The molecule has 0 aromatic heterocycles. The van der Waals surface area contributed by atoms with Gasteiger partial charge in [-0.2, -0.15) is 0 Å². The number of hydrogen-bond donors (Lipinski definition) is 2. The van der Waals surface area contributed by atoms with Crippen LogP contribution in [-0.2, 0) is 0 Å². The molecule has 0 aliphatic heterocycles. The molecule has 0 saturated carbocycles. The van der Waals surface area contributed by atoms with Gasteiger partial charge >= 0.3 is 0 Å². The van der Waals surface area contributed by atoms with Crippen LogP contribution in [0, 0.1) is 25.1 Å². The number of nitroso groups, excluding NO2 is 1. The van der Waals surface area contributed by atoms with E-state index in [0.717, 1.165) is 0 Å². The van der Waals surface area contributed by atoms with Gasteiger partial charge in [0.15, 0.2) is 16.7 Å². The Hall–Kier alpha value is -2.28. The number of nitrogens with one attached hydrogen (secondary N) is 2. The van der Waals surface area contributed by atoms with E-state index in [9.17, 15) is 30.2 Å². The van der Waals surface area contributed by atoms with E-state index in [4.69, 9.17) is 0 Å². The summed E-state index contributed by atoms with van der Waals surface area (Å²) in [5.74, 6) is 0. The number of hydrogen-bond acceptors (Lipinski definition) is 8. The zero-order chi connectivity index (χ0) is 13.3. The summed E-state index contributed by atoms with van der Waals surface area (Å²) in [7, 11) is 0. The standard InChI is InChI=1S/C4H10N7O6/c12-3-5-1-8(10(14)15)4-9(11(16)17)2-6-7-13/h5H,1-4H2,(H,6,13)/q-1. The Morgan fingerprint density at radius 1 is 1.12 bits per heavy atom. The normalized spacial score (nSPS) is 9.47. The van der Waals surface area contributed by atoms with E-state index in [-0.39, 0.29) is 0 Å². The van der Waals surface area contributed by atoms with Crippen LogP contribution in [0.2, 0.25) is 0 Å². The lowest BCUT2D eigenvalue weighted by Crippen LogP contribution is -2.50. The third-order valence-corrected chi connectivity index (χ3v) is 1.50. The fraction of sp³-hybridized carbons (Fsp3) is 1.00. The number of hydrazine groups is 2. The zero-order valence-electron chi connectivity index (χ0n) is 8.51. The van der Waals surface area contributed by atoms with Crippen molar-refractivity contribution in [1.82, 2.24) is 20.8 Å². The molecule has 17 heavy (non-hydrogen) atoms. The molecule has 0 unspecified atom stereocenters. The van der Waals surface area contributed by atoms with Gasteiger partial charge in [-0.05, 0) is 0 Å². The largest absolute Gasteiger partial charge is 0.843 e. The molecule has 0 atom stereocenters. The third-order valence-electron chi connectivity index (χ3n) is 1.50. The van der Waals surface area contributed by atoms with Crippen LogP contribution in [0.15, 0.2) is 5.29 Å². The molecule has 0 heterocycles. The minimum absolute atomic E-state index is 0.344. The van der Waals surface area contributed by atoms with E-state index in [0.29, 0.717) is 10.0 Å². The van der Waals surface area contributed by atoms with Gasteiger partial charge in [0.1, 0.15) is 6.67 Å². The van der Waals surface area contributed by atoms with Crippen LogP contribution in [-0.4, -0.2) is 46.8 Å². The Labute approximate surface area is 94.2 Å². The lowest BCUT2D eigenvalue weighted by molar-refractivity contribution is -0.713. The first kappa shape index (κ1) is 14.7. The molecule has 0 saturated heterocycles. The van der Waals surface area contributed by atoms with Crippen molar-refractivity contribution in [3.63, 3.8) is 0 Å². The lowest BCUT2D eigenvalue weighted by Gasteiger charge is -2.19. The first-order valence-corrected chi connectivity index (χ1v) is 4.15. The molecule has 0 amide bonds. The van der Waals surface area contributed by atoms with Gasteiger partial charge in [-0.3, -0.25) is 0 Å². The van der Waals surface area contributed by atoms with Gasteiger partial charge in [-0.15, -0.1) is 4.91 Å². The smallest absolute Gasteiger partial charge is 0.211 e. The first-order chi connectivity index (χ1) is 8.02. The van der Waals surface area contributed by atoms with Crippen molar-refractivity contribution in [3.05, 3.63) is 25.1 Å². The predicted octanol–water partition coefficient (Wildman–Crippen LogP) is -2.98. The maximum Gasteiger partial charge on any atom is 0.211 e. The van der Waals surface area contributed by atoms with Gasteiger partial charge in [0, 0.05) is 0 Å². The zero-order valence-corrected chi connectivity index (χ0v) is 8.51. The summed E-state index contributed by atoms with van der Waals surface area (Å²) in [6, 6.07) is 0. The van der Waals surface area contributed by atoms with Crippen molar-refractivity contribution in [3.8, 4) is 0 Å². The molecule has 0 fully saturated rings. The van der Waals surface area contributed by atoms with Gasteiger partial charge in [0.2, 0.25) is 6.67 Å². The summed E-state index contributed by atoms with van der Waals surface area (Å²) in [6.45, 7) is -2.56. The molecular formula is C4H10N7O6-. The number of rotatable bonds is 10. The van der Waals surface area contributed by atoms with Crippen LogP contribution in [0.3, 0.4) is 0 Å². The molecule has 13 nitrogen and oxygen atoms in total. The third kappa shape index (κ3) is 6.00. The van der Waals surface area contributed by atoms with Gasteiger partial charge in [-0.1, -0.05) is 16.7 Å². The second kappa shape index (κ2) is 7.94. The molecule has 2 N–H and O–H groups in total. The van der Waals surface area contributed by atoms with Crippen LogP contribution in [0.5, 0.6) is 0 Å². The minimum atomic E-state index is -0.939. The van der Waals surface area contributed by atoms with Crippen LogP contribution in [0.4, 0.5) is 0 Å². The Balaban J connectivity index is 4.38. The summed E-state index contributed by atoms with van der Waals surface area (Å²) in [5.41, 5.74) is 1.75. The molecule has 0 spiro atoms. The number of nitrogens with zero attached hydrogens (tertiary/aromatic N) is 5. The highest BCUT2D eigenvalue weighted by atomic mass is 16.7. The molecule has 98 valence electrons. The molecule has 13 heteroatoms. The average molecular weight is 252 g/mol. The SMILES string of the molecule is O=NNCN(CN(CNC[O-])[N+](=O)[O-])[N+](=O)[O-].